The first-order valence-electron chi connectivity index (χ1n) is 13.7. The van der Waals surface area contributed by atoms with Crippen LogP contribution >= 0.6 is 0 Å². The predicted octanol–water partition coefficient (Wildman–Crippen LogP) is 5.93. The number of anilines is 1. The minimum atomic E-state index is -4.74. The number of sulfonamides is 1. The number of benzene rings is 3. The fourth-order valence-electron chi connectivity index (χ4n) is 4.34. The van der Waals surface area contributed by atoms with Crippen LogP contribution in [0, 0.1) is 6.92 Å². The predicted molar refractivity (Wildman–Crippen MR) is 156 cm³/mol. The summed E-state index contributed by atoms with van der Waals surface area (Å²) < 4.78 is 69.1. The van der Waals surface area contributed by atoms with Gasteiger partial charge in [0, 0.05) is 12.6 Å². The lowest BCUT2D eigenvalue weighted by Crippen LogP contribution is -2.53. The van der Waals surface area contributed by atoms with Crippen molar-refractivity contribution in [3.63, 3.8) is 0 Å². The minimum Gasteiger partial charge on any atom is -0.352 e. The lowest BCUT2D eigenvalue weighted by atomic mass is 10.1. The monoisotopic (exact) mass is 603 g/mol. The van der Waals surface area contributed by atoms with Crippen LogP contribution in [0.2, 0.25) is 0 Å². The third kappa shape index (κ3) is 8.12. The molecule has 3 aromatic carbocycles. The number of hydrogen-bond acceptors (Lipinski definition) is 4. The Kier molecular flexibility index (Phi) is 10.8. The fraction of sp³-hybridized carbons (Fsp3) is 0.355. The number of hydrogen-bond donors (Lipinski definition) is 1. The molecular weight excluding hydrogens is 567 g/mol. The van der Waals surface area contributed by atoms with Gasteiger partial charge in [-0.3, -0.25) is 13.9 Å². The summed E-state index contributed by atoms with van der Waals surface area (Å²) in [6, 6.07) is 17.2. The van der Waals surface area contributed by atoms with Gasteiger partial charge >= 0.3 is 6.18 Å². The van der Waals surface area contributed by atoms with Crippen LogP contribution in [0.25, 0.3) is 0 Å². The number of carbonyl (C=O) groups excluding carboxylic acids is 2. The Morgan fingerprint density at radius 1 is 0.905 bits per heavy atom. The molecule has 2 amide bonds. The third-order valence-electron chi connectivity index (χ3n) is 6.93. The molecule has 11 heteroatoms. The van der Waals surface area contributed by atoms with Crippen molar-refractivity contribution in [1.82, 2.24) is 10.2 Å². The van der Waals surface area contributed by atoms with Gasteiger partial charge in [0.2, 0.25) is 11.8 Å². The topological polar surface area (TPSA) is 86.8 Å². The van der Waals surface area contributed by atoms with Crippen LogP contribution < -0.4 is 9.62 Å². The molecule has 0 fully saturated rings. The van der Waals surface area contributed by atoms with Crippen molar-refractivity contribution >= 4 is 27.5 Å². The van der Waals surface area contributed by atoms with Crippen molar-refractivity contribution in [1.29, 1.82) is 0 Å². The van der Waals surface area contributed by atoms with Crippen molar-refractivity contribution < 1.29 is 31.2 Å². The van der Waals surface area contributed by atoms with Gasteiger partial charge in [0.1, 0.15) is 12.6 Å². The maximum Gasteiger partial charge on any atom is 0.416 e. The van der Waals surface area contributed by atoms with E-state index in [9.17, 15) is 31.2 Å². The number of aryl methyl sites for hydroxylation is 1. The van der Waals surface area contributed by atoms with Crippen molar-refractivity contribution in [2.24, 2.45) is 0 Å². The Morgan fingerprint density at radius 2 is 1.55 bits per heavy atom. The summed E-state index contributed by atoms with van der Waals surface area (Å²) in [5, 5.41) is 2.89. The molecular formula is C31H36F3N3O4S. The van der Waals surface area contributed by atoms with Gasteiger partial charge in [0.15, 0.2) is 0 Å². The minimum absolute atomic E-state index is 0.00659. The highest BCUT2D eigenvalue weighted by atomic mass is 32.2. The largest absolute Gasteiger partial charge is 0.416 e. The van der Waals surface area contributed by atoms with E-state index in [1.54, 1.807) is 25.1 Å². The van der Waals surface area contributed by atoms with Crippen LogP contribution in [0.4, 0.5) is 18.9 Å². The molecule has 0 spiro atoms. The third-order valence-corrected chi connectivity index (χ3v) is 8.72. The second kappa shape index (κ2) is 13.9. The van der Waals surface area contributed by atoms with Gasteiger partial charge in [-0.25, -0.2) is 8.42 Å². The van der Waals surface area contributed by atoms with E-state index in [0.29, 0.717) is 22.4 Å². The second-order valence-electron chi connectivity index (χ2n) is 10.1. The molecule has 0 aliphatic rings. The van der Waals surface area contributed by atoms with E-state index < -0.39 is 46.2 Å². The zero-order valence-electron chi connectivity index (χ0n) is 24.1. The highest BCUT2D eigenvalue weighted by Gasteiger charge is 2.36. The molecule has 1 N–H and O–H groups in total. The lowest BCUT2D eigenvalue weighted by Gasteiger charge is -2.34. The van der Waals surface area contributed by atoms with Gasteiger partial charge in [-0.2, -0.15) is 13.2 Å². The molecule has 3 rings (SSSR count). The van der Waals surface area contributed by atoms with Gasteiger partial charge in [0.05, 0.1) is 16.1 Å². The van der Waals surface area contributed by atoms with Gasteiger partial charge in [-0.1, -0.05) is 67.9 Å². The van der Waals surface area contributed by atoms with Crippen LogP contribution in [-0.2, 0) is 32.3 Å². The molecule has 0 radical (unpaired) electrons. The quantitative estimate of drug-likeness (QED) is 0.278. The zero-order valence-corrected chi connectivity index (χ0v) is 24.9. The molecule has 0 bridgehead atoms. The zero-order chi connectivity index (χ0) is 31.1. The number of amides is 2. The molecule has 0 aliphatic carbocycles. The Morgan fingerprint density at radius 3 is 2.12 bits per heavy atom. The molecule has 3 aromatic rings. The van der Waals surface area contributed by atoms with E-state index in [1.807, 2.05) is 32.9 Å². The summed E-state index contributed by atoms with van der Waals surface area (Å²) in [5.74, 6) is -1.14. The number of halogens is 3. The van der Waals surface area contributed by atoms with Crippen LogP contribution in [0.5, 0.6) is 0 Å². The number of alkyl halides is 3. The maximum absolute atomic E-state index is 14.0. The lowest BCUT2D eigenvalue weighted by molar-refractivity contribution is -0.140. The standard InChI is InChI=1S/C31H36F3N3O4S/c1-5-23(4)35-30(39)28(6-2)36(20-24-17-15-22(3)16-18-24)29(38)21-37(42(40,41)27-13-8-7-9-14-27)26-12-10-11-25(19-26)31(32,33)34/h7-19,23,28H,5-6,20-21H2,1-4H3,(H,35,39)/t23-,28+/m0/s1. The molecule has 2 atom stereocenters. The smallest absolute Gasteiger partial charge is 0.352 e. The summed E-state index contributed by atoms with van der Waals surface area (Å²) in [4.78, 5) is 28.4. The number of rotatable bonds is 12. The van der Waals surface area contributed by atoms with E-state index in [0.717, 1.165) is 17.7 Å². The second-order valence-corrected chi connectivity index (χ2v) is 12.0. The van der Waals surface area contributed by atoms with Crippen LogP contribution in [-0.4, -0.2) is 43.8 Å². The van der Waals surface area contributed by atoms with E-state index in [4.69, 9.17) is 0 Å². The van der Waals surface area contributed by atoms with Crippen molar-refractivity contribution in [3.05, 3.63) is 95.6 Å². The first-order chi connectivity index (χ1) is 19.8. The first-order valence-corrected chi connectivity index (χ1v) is 15.1. The van der Waals surface area contributed by atoms with Crippen LogP contribution in [0.3, 0.4) is 0 Å². The Bertz CT molecular complexity index is 1460. The highest BCUT2D eigenvalue weighted by molar-refractivity contribution is 7.92. The summed E-state index contributed by atoms with van der Waals surface area (Å²) in [5.41, 5.74) is 0.314. The summed E-state index contributed by atoms with van der Waals surface area (Å²) in [6.07, 6.45) is -3.84. The number of nitrogens with zero attached hydrogens (tertiary/aromatic N) is 2. The molecule has 0 saturated heterocycles. The molecule has 0 heterocycles. The summed E-state index contributed by atoms with van der Waals surface area (Å²) in [7, 11) is -4.48. The number of nitrogens with one attached hydrogen (secondary N) is 1. The molecule has 0 aromatic heterocycles. The van der Waals surface area contributed by atoms with E-state index in [1.165, 1.54) is 35.2 Å². The molecule has 226 valence electrons. The molecule has 42 heavy (non-hydrogen) atoms. The van der Waals surface area contributed by atoms with Crippen LogP contribution in [0.15, 0.2) is 83.8 Å². The average molecular weight is 604 g/mol. The molecule has 0 saturated carbocycles. The normalized spacial score (nSPS) is 13.2. The van der Waals surface area contributed by atoms with Gasteiger partial charge in [0.25, 0.3) is 10.0 Å². The van der Waals surface area contributed by atoms with Gasteiger partial charge < -0.3 is 10.2 Å². The van der Waals surface area contributed by atoms with E-state index in [-0.39, 0.29) is 29.6 Å². The van der Waals surface area contributed by atoms with E-state index >= 15 is 0 Å². The van der Waals surface area contributed by atoms with Crippen LogP contribution in [0.1, 0.15) is 50.3 Å². The van der Waals surface area contributed by atoms with Crippen molar-refractivity contribution in [2.45, 2.75) is 70.2 Å². The summed E-state index contributed by atoms with van der Waals surface area (Å²) in [6.45, 7) is 6.55. The van der Waals surface area contributed by atoms with E-state index in [2.05, 4.69) is 5.32 Å². The highest BCUT2D eigenvalue weighted by Crippen LogP contribution is 2.33. The molecule has 0 unspecified atom stereocenters. The van der Waals surface area contributed by atoms with Gasteiger partial charge in [-0.15, -0.1) is 0 Å². The molecule has 7 nitrogen and oxygen atoms in total. The Hall–Kier alpha value is -3.86. The Labute approximate surface area is 245 Å². The maximum atomic E-state index is 14.0. The fourth-order valence-corrected chi connectivity index (χ4v) is 5.76. The molecule has 0 aliphatic heterocycles. The SMILES string of the molecule is CC[C@H](C(=O)N[C@@H](C)CC)N(Cc1ccc(C)cc1)C(=O)CN(c1cccc(C(F)(F)F)c1)S(=O)(=O)c1ccccc1. The average Bonchev–Trinajstić information content (AvgIpc) is 2.96. The van der Waals surface area contributed by atoms with Crippen molar-refractivity contribution in [3.8, 4) is 0 Å². The van der Waals surface area contributed by atoms with Gasteiger partial charge in [-0.05, 0) is 62.6 Å². The van der Waals surface area contributed by atoms with Crippen molar-refractivity contribution in [2.75, 3.05) is 10.8 Å². The summed E-state index contributed by atoms with van der Waals surface area (Å²) >= 11 is 0. The first kappa shape index (κ1) is 32.7. The number of carbonyl (C=O) groups is 2. The Balaban J connectivity index is 2.10.